The molecule has 6 nitrogen and oxygen atoms in total. The summed E-state index contributed by atoms with van der Waals surface area (Å²) in [4.78, 5) is 24.1. The topological polar surface area (TPSA) is 83.7 Å². The van der Waals surface area contributed by atoms with E-state index in [9.17, 15) is 20.0 Å². The van der Waals surface area contributed by atoms with E-state index in [2.05, 4.69) is 0 Å². The summed E-state index contributed by atoms with van der Waals surface area (Å²) in [6, 6.07) is 3.82. The van der Waals surface area contributed by atoms with E-state index in [-0.39, 0.29) is 34.2 Å². The Morgan fingerprint density at radius 3 is 2.73 bits per heavy atom. The molecule has 2 unspecified atom stereocenters. The van der Waals surface area contributed by atoms with Gasteiger partial charge in [-0.15, -0.1) is 0 Å². The minimum Gasteiger partial charge on any atom is -0.393 e. The molecule has 0 spiro atoms. The summed E-state index contributed by atoms with van der Waals surface area (Å²) >= 11 is 5.98. The zero-order chi connectivity index (χ0) is 16.3. The number of nitro groups is 1. The third kappa shape index (κ3) is 3.75. The summed E-state index contributed by atoms with van der Waals surface area (Å²) in [7, 11) is 1.65. The number of rotatable bonds is 4. The van der Waals surface area contributed by atoms with Gasteiger partial charge >= 0.3 is 0 Å². The molecule has 0 aliphatic heterocycles. The fourth-order valence-corrected chi connectivity index (χ4v) is 3.09. The van der Waals surface area contributed by atoms with Crippen LogP contribution in [0.15, 0.2) is 18.2 Å². The molecule has 1 fully saturated rings. The molecule has 2 rings (SSSR count). The second kappa shape index (κ2) is 7.07. The highest BCUT2D eigenvalue weighted by atomic mass is 35.5. The second-order valence-electron chi connectivity index (χ2n) is 5.72. The largest absolute Gasteiger partial charge is 0.393 e. The van der Waals surface area contributed by atoms with E-state index < -0.39 is 4.92 Å². The van der Waals surface area contributed by atoms with Crippen molar-refractivity contribution in [2.45, 2.75) is 31.8 Å². The van der Waals surface area contributed by atoms with E-state index in [1.807, 2.05) is 0 Å². The molecule has 2 atom stereocenters. The first kappa shape index (κ1) is 16.7. The van der Waals surface area contributed by atoms with Gasteiger partial charge in [0, 0.05) is 31.6 Å². The number of amides is 1. The highest BCUT2D eigenvalue weighted by molar-refractivity contribution is 6.34. The van der Waals surface area contributed by atoms with E-state index in [0.717, 1.165) is 25.7 Å². The number of nitro benzene ring substituents is 1. The van der Waals surface area contributed by atoms with Crippen LogP contribution < -0.4 is 0 Å². The second-order valence-corrected chi connectivity index (χ2v) is 6.13. The van der Waals surface area contributed by atoms with Gasteiger partial charge in [-0.2, -0.15) is 0 Å². The number of hydrogen-bond donors (Lipinski definition) is 1. The Kier molecular flexibility index (Phi) is 5.37. The number of non-ortho nitro benzene ring substituents is 1. The van der Waals surface area contributed by atoms with Crippen molar-refractivity contribution >= 4 is 23.2 Å². The molecule has 1 N–H and O–H groups in total. The molecule has 1 amide bonds. The van der Waals surface area contributed by atoms with Gasteiger partial charge in [0.2, 0.25) is 0 Å². The molecule has 0 radical (unpaired) electrons. The summed E-state index contributed by atoms with van der Waals surface area (Å²) in [5, 5.41) is 20.7. The Morgan fingerprint density at radius 2 is 2.14 bits per heavy atom. The summed E-state index contributed by atoms with van der Waals surface area (Å²) in [6.45, 7) is 0.452. The lowest BCUT2D eigenvalue weighted by Gasteiger charge is -2.31. The third-order valence-corrected chi connectivity index (χ3v) is 4.43. The Labute approximate surface area is 133 Å². The van der Waals surface area contributed by atoms with Crippen LogP contribution in [0.5, 0.6) is 0 Å². The predicted octanol–water partition coefficient (Wildman–Crippen LogP) is 2.87. The lowest BCUT2D eigenvalue weighted by molar-refractivity contribution is -0.384. The van der Waals surface area contributed by atoms with Crippen LogP contribution in [0.3, 0.4) is 0 Å². The van der Waals surface area contributed by atoms with Gasteiger partial charge in [0.25, 0.3) is 11.6 Å². The van der Waals surface area contributed by atoms with Crippen molar-refractivity contribution in [1.29, 1.82) is 0 Å². The van der Waals surface area contributed by atoms with E-state index in [1.165, 1.54) is 23.1 Å². The minimum absolute atomic E-state index is 0.0650. The molecule has 1 aliphatic carbocycles. The number of carbonyl (C=O) groups is 1. The minimum atomic E-state index is -0.553. The first-order valence-electron chi connectivity index (χ1n) is 7.27. The van der Waals surface area contributed by atoms with Crippen molar-refractivity contribution in [1.82, 2.24) is 4.90 Å². The number of nitrogens with zero attached hydrogens (tertiary/aromatic N) is 2. The van der Waals surface area contributed by atoms with E-state index in [0.29, 0.717) is 6.54 Å². The Hall–Kier alpha value is -1.66. The standard InChI is InChI=1S/C15H19ClN2O4/c1-17(9-10-4-2-3-5-14(10)19)15(20)12-7-6-11(18(21)22)8-13(12)16/h6-8,10,14,19H,2-5,9H2,1H3. The van der Waals surface area contributed by atoms with Crippen molar-refractivity contribution in [3.8, 4) is 0 Å². The molecule has 0 bridgehead atoms. The number of carbonyl (C=O) groups excluding carboxylic acids is 1. The SMILES string of the molecule is CN(CC1CCCCC1O)C(=O)c1ccc([N+](=O)[O-])cc1Cl. The van der Waals surface area contributed by atoms with Crippen LogP contribution >= 0.6 is 11.6 Å². The van der Waals surface area contributed by atoms with Gasteiger partial charge in [-0.3, -0.25) is 14.9 Å². The first-order valence-corrected chi connectivity index (χ1v) is 7.65. The van der Waals surface area contributed by atoms with Gasteiger partial charge < -0.3 is 10.0 Å². The molecule has 120 valence electrons. The van der Waals surface area contributed by atoms with Gasteiger partial charge in [-0.1, -0.05) is 24.4 Å². The van der Waals surface area contributed by atoms with Crippen LogP contribution in [0.4, 0.5) is 5.69 Å². The number of hydrogen-bond acceptors (Lipinski definition) is 4. The van der Waals surface area contributed by atoms with Crippen molar-refractivity contribution in [3.05, 3.63) is 38.9 Å². The van der Waals surface area contributed by atoms with Crippen molar-refractivity contribution in [2.24, 2.45) is 5.92 Å². The number of benzene rings is 1. The highest BCUT2D eigenvalue weighted by Gasteiger charge is 2.26. The molecule has 0 saturated heterocycles. The lowest BCUT2D eigenvalue weighted by atomic mass is 9.86. The van der Waals surface area contributed by atoms with Crippen molar-refractivity contribution < 1.29 is 14.8 Å². The Morgan fingerprint density at radius 1 is 1.45 bits per heavy atom. The maximum absolute atomic E-state index is 12.4. The number of aliphatic hydroxyl groups excluding tert-OH is 1. The average Bonchev–Trinajstić information content (AvgIpc) is 2.48. The van der Waals surface area contributed by atoms with Gasteiger partial charge in [0.05, 0.1) is 21.6 Å². The van der Waals surface area contributed by atoms with Crippen LogP contribution in [0.2, 0.25) is 5.02 Å². The highest BCUT2D eigenvalue weighted by Crippen LogP contribution is 2.27. The van der Waals surface area contributed by atoms with Gasteiger partial charge in [0.15, 0.2) is 0 Å². The van der Waals surface area contributed by atoms with Crippen molar-refractivity contribution in [3.63, 3.8) is 0 Å². The molecule has 0 heterocycles. The number of aliphatic hydroxyl groups is 1. The lowest BCUT2D eigenvalue weighted by Crippen LogP contribution is -2.38. The zero-order valence-electron chi connectivity index (χ0n) is 12.4. The van der Waals surface area contributed by atoms with E-state index in [1.54, 1.807) is 7.05 Å². The number of halogens is 1. The smallest absolute Gasteiger partial charge is 0.270 e. The third-order valence-electron chi connectivity index (χ3n) is 4.12. The maximum atomic E-state index is 12.4. The molecule has 1 aromatic carbocycles. The summed E-state index contributed by atoms with van der Waals surface area (Å²) < 4.78 is 0. The first-order chi connectivity index (χ1) is 10.4. The molecular weight excluding hydrogens is 308 g/mol. The molecule has 1 saturated carbocycles. The maximum Gasteiger partial charge on any atom is 0.270 e. The molecule has 22 heavy (non-hydrogen) atoms. The van der Waals surface area contributed by atoms with Crippen LogP contribution in [-0.2, 0) is 0 Å². The Balaban J connectivity index is 2.08. The van der Waals surface area contributed by atoms with Gasteiger partial charge in [0.1, 0.15) is 0 Å². The quantitative estimate of drug-likeness (QED) is 0.681. The monoisotopic (exact) mass is 326 g/mol. The van der Waals surface area contributed by atoms with Crippen LogP contribution in [0.1, 0.15) is 36.0 Å². The molecule has 1 aromatic rings. The fraction of sp³-hybridized carbons (Fsp3) is 0.533. The Bertz CT molecular complexity index is 579. The van der Waals surface area contributed by atoms with E-state index in [4.69, 9.17) is 11.6 Å². The van der Waals surface area contributed by atoms with Crippen molar-refractivity contribution in [2.75, 3.05) is 13.6 Å². The molecule has 0 aromatic heterocycles. The molecule has 7 heteroatoms. The summed E-state index contributed by atoms with van der Waals surface area (Å²) in [5.41, 5.74) is 0.0898. The van der Waals surface area contributed by atoms with Crippen LogP contribution in [0, 0.1) is 16.0 Å². The van der Waals surface area contributed by atoms with E-state index >= 15 is 0 Å². The van der Waals surface area contributed by atoms with Gasteiger partial charge in [-0.05, 0) is 18.9 Å². The van der Waals surface area contributed by atoms with Gasteiger partial charge in [-0.25, -0.2) is 0 Å². The molecule has 1 aliphatic rings. The average molecular weight is 327 g/mol. The summed E-state index contributed by atoms with van der Waals surface area (Å²) in [5.74, 6) is -0.225. The zero-order valence-corrected chi connectivity index (χ0v) is 13.1. The summed E-state index contributed by atoms with van der Waals surface area (Å²) in [6.07, 6.45) is 3.36. The normalized spacial score (nSPS) is 21.4. The fourth-order valence-electron chi connectivity index (χ4n) is 2.83. The predicted molar refractivity (Wildman–Crippen MR) is 83.0 cm³/mol. The van der Waals surface area contributed by atoms with Crippen LogP contribution in [-0.4, -0.2) is 40.5 Å². The molecular formula is C15H19ClN2O4. The van der Waals surface area contributed by atoms with Crippen LogP contribution in [0.25, 0.3) is 0 Å².